The minimum Gasteiger partial charge on any atom is -0.444 e. The Hall–Kier alpha value is -3.91. The van der Waals surface area contributed by atoms with E-state index in [-0.39, 0.29) is 11.6 Å². The third-order valence-electron chi connectivity index (χ3n) is 5.44. The number of halogens is 1. The van der Waals surface area contributed by atoms with E-state index in [0.717, 1.165) is 32.9 Å². The van der Waals surface area contributed by atoms with Crippen LogP contribution in [0.1, 0.15) is 37.5 Å². The molecule has 0 unspecified atom stereocenters. The van der Waals surface area contributed by atoms with Crippen LogP contribution in [0.5, 0.6) is 0 Å². The predicted molar refractivity (Wildman–Crippen MR) is 142 cm³/mol. The first-order chi connectivity index (χ1) is 17.1. The fourth-order valence-electron chi connectivity index (χ4n) is 3.78. The second kappa shape index (κ2) is 10.4. The molecule has 2 amide bonds. The average Bonchev–Trinajstić information content (AvgIpc) is 3.20. The third kappa shape index (κ3) is 6.20. The van der Waals surface area contributed by atoms with Gasteiger partial charge < -0.3 is 15.0 Å². The van der Waals surface area contributed by atoms with E-state index in [9.17, 15) is 9.59 Å². The van der Waals surface area contributed by atoms with Crippen molar-refractivity contribution in [1.29, 1.82) is 0 Å². The minimum absolute atomic E-state index is 0.238. The van der Waals surface area contributed by atoms with Crippen LogP contribution in [0, 0.1) is 6.92 Å². The molecular weight excluding hydrogens is 478 g/mol. The number of amides is 2. The van der Waals surface area contributed by atoms with E-state index >= 15 is 0 Å². The number of rotatable bonds is 6. The molecule has 4 aromatic rings. The number of fused-ring (bicyclic) bond motifs is 2. The van der Waals surface area contributed by atoms with Gasteiger partial charge in [0.1, 0.15) is 16.8 Å². The van der Waals surface area contributed by atoms with E-state index in [1.54, 1.807) is 20.8 Å². The first-order valence-corrected chi connectivity index (χ1v) is 11.9. The lowest BCUT2D eigenvalue weighted by Crippen LogP contribution is -2.48. The summed E-state index contributed by atoms with van der Waals surface area (Å²) in [4.78, 5) is 33.1. The molecular formula is C27H28ClN5O3. The van der Waals surface area contributed by atoms with Gasteiger partial charge in [0, 0.05) is 34.5 Å². The quantitative estimate of drug-likeness (QED) is 0.188. The Morgan fingerprint density at radius 2 is 1.97 bits per heavy atom. The fourth-order valence-corrected chi connectivity index (χ4v) is 3.98. The Balaban J connectivity index is 1.52. The summed E-state index contributed by atoms with van der Waals surface area (Å²) in [5, 5.41) is 8.88. The molecule has 8 nitrogen and oxygen atoms in total. The van der Waals surface area contributed by atoms with E-state index in [1.165, 1.54) is 6.21 Å². The molecule has 0 fully saturated rings. The SMILES string of the molecule is Cc1ccc2cc(/C=N\NC(=O)[C@H](Cc3c[nH]c4ccccc34)NC(=O)OC(C)(C)C)c(Cl)nc2c1. The minimum atomic E-state index is -0.926. The Kier molecular flexibility index (Phi) is 7.26. The lowest BCUT2D eigenvalue weighted by atomic mass is 10.0. The Labute approximate surface area is 214 Å². The summed E-state index contributed by atoms with van der Waals surface area (Å²) in [6.07, 6.45) is 2.81. The first kappa shape index (κ1) is 25.2. The number of H-pyrrole nitrogens is 1. The number of aromatic nitrogens is 2. The van der Waals surface area contributed by atoms with E-state index in [2.05, 4.69) is 25.8 Å². The van der Waals surface area contributed by atoms with Crippen molar-refractivity contribution in [1.82, 2.24) is 20.7 Å². The molecule has 2 heterocycles. The molecule has 0 spiro atoms. The molecule has 0 saturated carbocycles. The van der Waals surface area contributed by atoms with Gasteiger partial charge in [-0.1, -0.05) is 41.9 Å². The standard InChI is InChI=1S/C27H28ClN5O3/c1-16-9-10-17-12-19(24(28)31-22(17)11-16)15-30-33-25(34)23(32-26(35)36-27(2,3)4)13-18-14-29-21-8-6-5-7-20(18)21/h5-12,14-15,23,29H,13H2,1-4H3,(H,32,35)(H,33,34)/b30-15-/t23-/m0/s1. The van der Waals surface area contributed by atoms with Crippen LogP contribution in [-0.2, 0) is 16.0 Å². The Morgan fingerprint density at radius 1 is 1.19 bits per heavy atom. The van der Waals surface area contributed by atoms with Crippen LogP contribution in [0.3, 0.4) is 0 Å². The third-order valence-corrected chi connectivity index (χ3v) is 5.74. The van der Waals surface area contributed by atoms with Crippen molar-refractivity contribution >= 4 is 51.6 Å². The van der Waals surface area contributed by atoms with Crippen molar-refractivity contribution < 1.29 is 14.3 Å². The Morgan fingerprint density at radius 3 is 2.75 bits per heavy atom. The van der Waals surface area contributed by atoms with Crippen LogP contribution in [0.4, 0.5) is 4.79 Å². The molecule has 1 atom stereocenters. The summed E-state index contributed by atoms with van der Waals surface area (Å²) in [7, 11) is 0. The van der Waals surface area contributed by atoms with E-state index in [1.807, 2.05) is 61.7 Å². The highest BCUT2D eigenvalue weighted by atomic mass is 35.5. The maximum Gasteiger partial charge on any atom is 0.408 e. The largest absolute Gasteiger partial charge is 0.444 e. The van der Waals surface area contributed by atoms with Crippen molar-refractivity contribution in [3.05, 3.63) is 76.6 Å². The van der Waals surface area contributed by atoms with E-state index < -0.39 is 23.6 Å². The highest BCUT2D eigenvalue weighted by molar-refractivity contribution is 6.32. The summed E-state index contributed by atoms with van der Waals surface area (Å²) in [5.74, 6) is -0.497. The van der Waals surface area contributed by atoms with Crippen molar-refractivity contribution in [2.75, 3.05) is 0 Å². The van der Waals surface area contributed by atoms with Crippen LogP contribution in [0.25, 0.3) is 21.8 Å². The number of nitrogens with one attached hydrogen (secondary N) is 3. The summed E-state index contributed by atoms with van der Waals surface area (Å²) in [6.45, 7) is 7.26. The number of pyridine rings is 1. The number of hydrazone groups is 1. The molecule has 0 radical (unpaired) electrons. The van der Waals surface area contributed by atoms with Crippen LogP contribution < -0.4 is 10.7 Å². The number of para-hydroxylation sites is 1. The molecule has 0 aliphatic rings. The number of alkyl carbamates (subject to hydrolysis) is 1. The van der Waals surface area contributed by atoms with Crippen LogP contribution >= 0.6 is 11.6 Å². The highest BCUT2D eigenvalue weighted by Gasteiger charge is 2.25. The number of hydrogen-bond donors (Lipinski definition) is 3. The van der Waals surface area contributed by atoms with Crippen molar-refractivity contribution in [2.24, 2.45) is 5.10 Å². The molecule has 2 aromatic heterocycles. The molecule has 9 heteroatoms. The predicted octanol–water partition coefficient (Wildman–Crippen LogP) is 5.26. The zero-order chi connectivity index (χ0) is 25.9. The lowest BCUT2D eigenvalue weighted by molar-refractivity contribution is -0.123. The summed E-state index contributed by atoms with van der Waals surface area (Å²) in [5.41, 5.74) is 6.04. The smallest absolute Gasteiger partial charge is 0.408 e. The monoisotopic (exact) mass is 505 g/mol. The maximum atomic E-state index is 13.1. The van der Waals surface area contributed by atoms with Crippen LogP contribution in [0.2, 0.25) is 5.15 Å². The van der Waals surface area contributed by atoms with Crippen LogP contribution in [0.15, 0.2) is 59.8 Å². The average molecular weight is 506 g/mol. The van der Waals surface area contributed by atoms with Gasteiger partial charge in [-0.25, -0.2) is 15.2 Å². The van der Waals surface area contributed by atoms with Gasteiger partial charge in [-0.15, -0.1) is 0 Å². The molecule has 4 rings (SSSR count). The van der Waals surface area contributed by atoms with Gasteiger partial charge in [-0.2, -0.15) is 5.10 Å². The second-order valence-corrected chi connectivity index (χ2v) is 9.92. The van der Waals surface area contributed by atoms with Gasteiger partial charge in [0.2, 0.25) is 0 Å². The number of hydrogen-bond acceptors (Lipinski definition) is 5. The van der Waals surface area contributed by atoms with Gasteiger partial charge in [0.15, 0.2) is 0 Å². The lowest BCUT2D eigenvalue weighted by Gasteiger charge is -2.22. The number of benzene rings is 2. The second-order valence-electron chi connectivity index (χ2n) is 9.56. The zero-order valence-electron chi connectivity index (χ0n) is 20.6. The summed E-state index contributed by atoms with van der Waals surface area (Å²) in [6, 6.07) is 14.6. The number of nitrogens with zero attached hydrogens (tertiary/aromatic N) is 2. The molecule has 0 aliphatic heterocycles. The zero-order valence-corrected chi connectivity index (χ0v) is 21.3. The van der Waals surface area contributed by atoms with Crippen molar-refractivity contribution in [2.45, 2.75) is 45.8 Å². The van der Waals surface area contributed by atoms with Gasteiger partial charge >= 0.3 is 6.09 Å². The van der Waals surface area contributed by atoms with Crippen molar-refractivity contribution in [3.8, 4) is 0 Å². The molecule has 2 aromatic carbocycles. The summed E-state index contributed by atoms with van der Waals surface area (Å²) < 4.78 is 5.36. The molecule has 0 bridgehead atoms. The number of carbonyl (C=O) groups excluding carboxylic acids is 2. The van der Waals surface area contributed by atoms with Gasteiger partial charge in [-0.3, -0.25) is 4.79 Å². The number of ether oxygens (including phenoxy) is 1. The number of carbonyl (C=O) groups is 2. The molecule has 186 valence electrons. The normalized spacial score (nSPS) is 12.7. The van der Waals surface area contributed by atoms with Crippen molar-refractivity contribution in [3.63, 3.8) is 0 Å². The maximum absolute atomic E-state index is 13.1. The summed E-state index contributed by atoms with van der Waals surface area (Å²) >= 11 is 6.32. The first-order valence-electron chi connectivity index (χ1n) is 11.5. The van der Waals surface area contributed by atoms with E-state index in [0.29, 0.717) is 5.56 Å². The number of aromatic amines is 1. The van der Waals surface area contributed by atoms with Gasteiger partial charge in [0.25, 0.3) is 5.91 Å². The fraction of sp³-hybridized carbons (Fsp3) is 0.259. The highest BCUT2D eigenvalue weighted by Crippen LogP contribution is 2.21. The van der Waals surface area contributed by atoms with E-state index in [4.69, 9.17) is 16.3 Å². The molecule has 3 N–H and O–H groups in total. The molecule has 36 heavy (non-hydrogen) atoms. The molecule has 0 saturated heterocycles. The molecule has 0 aliphatic carbocycles. The van der Waals surface area contributed by atoms with Crippen LogP contribution in [-0.4, -0.2) is 39.8 Å². The topological polar surface area (TPSA) is 108 Å². The van der Waals surface area contributed by atoms with Gasteiger partial charge in [0.05, 0.1) is 11.7 Å². The van der Waals surface area contributed by atoms with Gasteiger partial charge in [-0.05, 0) is 57.0 Å². The Bertz CT molecular complexity index is 1460. The number of aryl methyl sites for hydroxylation is 1.